The van der Waals surface area contributed by atoms with Gasteiger partial charge in [0.15, 0.2) is 0 Å². The molecule has 0 aliphatic rings. The van der Waals surface area contributed by atoms with E-state index in [1.54, 1.807) is 18.1 Å². The van der Waals surface area contributed by atoms with Crippen LogP contribution in [0.5, 0.6) is 5.75 Å². The maximum Gasteiger partial charge on any atom is 0.143 e. The summed E-state index contributed by atoms with van der Waals surface area (Å²) in [6.07, 6.45) is 2.16. The van der Waals surface area contributed by atoms with E-state index in [9.17, 15) is 0 Å². The molecule has 0 aliphatic carbocycles. The van der Waals surface area contributed by atoms with Crippen LogP contribution in [-0.2, 0) is 11.8 Å². The monoisotopic (exact) mass is 414 g/mol. The number of hydrogen-bond acceptors (Lipinski definition) is 6. The highest BCUT2D eigenvalue weighted by Crippen LogP contribution is 2.40. The molecular formula is C24H26N6O. The zero-order valence-electron chi connectivity index (χ0n) is 17.4. The van der Waals surface area contributed by atoms with Crippen molar-refractivity contribution in [3.8, 4) is 11.4 Å². The number of aromatic nitrogens is 4. The molecule has 0 fully saturated rings. The van der Waals surface area contributed by atoms with Crippen LogP contribution in [0, 0.1) is 0 Å². The van der Waals surface area contributed by atoms with Gasteiger partial charge in [-0.1, -0.05) is 60.7 Å². The Hall–Kier alpha value is -3.55. The molecule has 1 atom stereocenters. The first-order valence-electron chi connectivity index (χ1n) is 10.2. The lowest BCUT2D eigenvalue weighted by atomic mass is 9.65. The van der Waals surface area contributed by atoms with Crippen molar-refractivity contribution in [3.63, 3.8) is 0 Å². The summed E-state index contributed by atoms with van der Waals surface area (Å²) >= 11 is 0. The molecule has 3 aromatic carbocycles. The van der Waals surface area contributed by atoms with Gasteiger partial charge in [0, 0.05) is 18.0 Å². The molecule has 0 saturated carbocycles. The molecule has 4 aromatic rings. The van der Waals surface area contributed by atoms with Crippen molar-refractivity contribution in [1.82, 2.24) is 20.2 Å². The van der Waals surface area contributed by atoms with Crippen molar-refractivity contribution in [2.24, 2.45) is 11.5 Å². The SMILES string of the molecule is COc1ccc(-n2cnnn2)cc1CC(c1ccccc1)(c1ccccc1)C(N)CN. The third-order valence-corrected chi connectivity index (χ3v) is 5.81. The van der Waals surface area contributed by atoms with E-state index < -0.39 is 5.41 Å². The summed E-state index contributed by atoms with van der Waals surface area (Å²) < 4.78 is 7.34. The molecule has 4 N–H and O–H groups in total. The maximum absolute atomic E-state index is 6.78. The lowest BCUT2D eigenvalue weighted by Crippen LogP contribution is -2.52. The fourth-order valence-electron chi connectivity index (χ4n) is 4.23. The highest BCUT2D eigenvalue weighted by atomic mass is 16.5. The number of hydrogen-bond donors (Lipinski definition) is 2. The van der Waals surface area contributed by atoms with Crippen molar-refractivity contribution in [2.45, 2.75) is 17.9 Å². The van der Waals surface area contributed by atoms with E-state index in [0.29, 0.717) is 13.0 Å². The van der Waals surface area contributed by atoms with Crippen LogP contribution in [0.2, 0.25) is 0 Å². The Kier molecular flexibility index (Phi) is 6.06. The molecule has 0 aliphatic heterocycles. The van der Waals surface area contributed by atoms with Crippen molar-refractivity contribution < 1.29 is 4.74 Å². The predicted molar refractivity (Wildman–Crippen MR) is 120 cm³/mol. The van der Waals surface area contributed by atoms with Gasteiger partial charge in [0.1, 0.15) is 12.1 Å². The minimum absolute atomic E-state index is 0.321. The van der Waals surface area contributed by atoms with Gasteiger partial charge in [-0.2, -0.15) is 0 Å². The molecule has 0 radical (unpaired) electrons. The molecule has 158 valence electrons. The van der Waals surface area contributed by atoms with Crippen molar-refractivity contribution in [3.05, 3.63) is 102 Å². The molecule has 0 saturated heterocycles. The van der Waals surface area contributed by atoms with E-state index in [2.05, 4.69) is 39.8 Å². The standard InChI is InChI=1S/C24H26N6O/c1-31-22-13-12-21(30-17-27-28-29-30)14-18(22)15-24(23(26)16-25,19-8-4-2-5-9-19)20-10-6-3-7-11-20/h2-14,17,23H,15-16,25-26H2,1H3. The van der Waals surface area contributed by atoms with Gasteiger partial charge in [0.2, 0.25) is 0 Å². The first kappa shape index (κ1) is 20.7. The van der Waals surface area contributed by atoms with Gasteiger partial charge in [-0.3, -0.25) is 0 Å². The average molecular weight is 415 g/mol. The second-order valence-electron chi connectivity index (χ2n) is 7.47. The van der Waals surface area contributed by atoms with Gasteiger partial charge >= 0.3 is 0 Å². The Morgan fingerprint density at radius 2 is 1.61 bits per heavy atom. The quantitative estimate of drug-likeness (QED) is 0.459. The van der Waals surface area contributed by atoms with Gasteiger partial charge in [0.05, 0.1) is 12.8 Å². The van der Waals surface area contributed by atoms with E-state index >= 15 is 0 Å². The number of nitrogens with zero attached hydrogens (tertiary/aromatic N) is 4. The summed E-state index contributed by atoms with van der Waals surface area (Å²) in [7, 11) is 1.67. The van der Waals surface area contributed by atoms with E-state index in [-0.39, 0.29) is 6.04 Å². The van der Waals surface area contributed by atoms with Crippen molar-refractivity contribution >= 4 is 0 Å². The average Bonchev–Trinajstić information content (AvgIpc) is 3.38. The minimum Gasteiger partial charge on any atom is -0.496 e. The van der Waals surface area contributed by atoms with Crippen LogP contribution in [0.4, 0.5) is 0 Å². The molecule has 0 spiro atoms. The largest absolute Gasteiger partial charge is 0.496 e. The van der Waals surface area contributed by atoms with Crippen LogP contribution < -0.4 is 16.2 Å². The normalized spacial score (nSPS) is 12.5. The van der Waals surface area contributed by atoms with Crippen LogP contribution >= 0.6 is 0 Å². The Labute approximate surface area is 181 Å². The molecule has 0 amide bonds. The zero-order chi connectivity index (χ0) is 21.7. The van der Waals surface area contributed by atoms with Crippen LogP contribution in [-0.4, -0.2) is 39.9 Å². The topological polar surface area (TPSA) is 105 Å². The van der Waals surface area contributed by atoms with E-state index in [4.69, 9.17) is 16.2 Å². The van der Waals surface area contributed by atoms with Gasteiger partial charge in [-0.25, -0.2) is 4.68 Å². The summed E-state index contributed by atoms with van der Waals surface area (Å²) in [6, 6.07) is 26.2. The number of benzene rings is 3. The molecule has 7 nitrogen and oxygen atoms in total. The fraction of sp³-hybridized carbons (Fsp3) is 0.208. The Bertz CT molecular complexity index is 1060. The smallest absolute Gasteiger partial charge is 0.143 e. The Balaban J connectivity index is 1.92. The third kappa shape index (κ3) is 3.93. The molecule has 7 heteroatoms. The first-order chi connectivity index (χ1) is 15.2. The zero-order valence-corrected chi connectivity index (χ0v) is 17.4. The van der Waals surface area contributed by atoms with E-state index in [0.717, 1.165) is 28.1 Å². The van der Waals surface area contributed by atoms with Crippen LogP contribution in [0.1, 0.15) is 16.7 Å². The molecule has 4 rings (SSSR count). The van der Waals surface area contributed by atoms with Gasteiger partial charge in [-0.05, 0) is 51.7 Å². The van der Waals surface area contributed by atoms with Gasteiger partial charge in [-0.15, -0.1) is 5.10 Å². The number of nitrogens with two attached hydrogens (primary N) is 2. The summed E-state index contributed by atoms with van der Waals surface area (Å²) in [5, 5.41) is 11.5. The van der Waals surface area contributed by atoms with E-state index in [1.807, 2.05) is 54.6 Å². The minimum atomic E-state index is -0.552. The second kappa shape index (κ2) is 9.07. The maximum atomic E-state index is 6.78. The van der Waals surface area contributed by atoms with Crippen LogP contribution in [0.25, 0.3) is 5.69 Å². The van der Waals surface area contributed by atoms with Gasteiger partial charge in [0.25, 0.3) is 0 Å². The number of methoxy groups -OCH3 is 1. The highest BCUT2D eigenvalue weighted by Gasteiger charge is 2.40. The number of tetrazole rings is 1. The van der Waals surface area contributed by atoms with Gasteiger partial charge < -0.3 is 16.2 Å². The second-order valence-corrected chi connectivity index (χ2v) is 7.47. The summed E-state index contributed by atoms with van der Waals surface area (Å²) in [5.41, 5.74) is 16.5. The Morgan fingerprint density at radius 3 is 2.13 bits per heavy atom. The van der Waals surface area contributed by atoms with E-state index in [1.165, 1.54) is 0 Å². The third-order valence-electron chi connectivity index (χ3n) is 5.81. The first-order valence-corrected chi connectivity index (χ1v) is 10.2. The summed E-state index contributed by atoms with van der Waals surface area (Å²) in [4.78, 5) is 0. The molecule has 1 unspecified atom stereocenters. The summed E-state index contributed by atoms with van der Waals surface area (Å²) in [5.74, 6) is 0.775. The predicted octanol–water partition coefficient (Wildman–Crippen LogP) is 2.49. The summed E-state index contributed by atoms with van der Waals surface area (Å²) in [6.45, 7) is 0.332. The highest BCUT2D eigenvalue weighted by molar-refractivity contribution is 5.50. The van der Waals surface area contributed by atoms with Crippen LogP contribution in [0.15, 0.2) is 85.2 Å². The fourth-order valence-corrected chi connectivity index (χ4v) is 4.23. The lowest BCUT2D eigenvalue weighted by molar-refractivity contribution is 0.382. The number of rotatable bonds is 8. The van der Waals surface area contributed by atoms with Crippen molar-refractivity contribution in [1.29, 1.82) is 0 Å². The number of ether oxygens (including phenoxy) is 1. The molecule has 1 heterocycles. The van der Waals surface area contributed by atoms with Crippen LogP contribution in [0.3, 0.4) is 0 Å². The lowest BCUT2D eigenvalue weighted by Gasteiger charge is -2.40. The molecular weight excluding hydrogens is 388 g/mol. The molecule has 31 heavy (non-hydrogen) atoms. The molecule has 0 bridgehead atoms. The molecule has 1 aromatic heterocycles. The Morgan fingerprint density at radius 1 is 0.968 bits per heavy atom. The van der Waals surface area contributed by atoms with Crippen molar-refractivity contribution in [2.75, 3.05) is 13.7 Å².